The van der Waals surface area contributed by atoms with Crippen LogP contribution in [0.4, 0.5) is 0 Å². The van der Waals surface area contributed by atoms with E-state index >= 15 is 0 Å². The maximum atomic E-state index is 10.3. The largest absolute Gasteiger partial charge is 0.481 e. The maximum absolute atomic E-state index is 10.3. The van der Waals surface area contributed by atoms with Crippen LogP contribution in [0.5, 0.6) is 0 Å². The Labute approximate surface area is 157 Å². The van der Waals surface area contributed by atoms with Gasteiger partial charge < -0.3 is 20.4 Å². The van der Waals surface area contributed by atoms with Crippen LogP contribution in [0.25, 0.3) is 0 Å². The summed E-state index contributed by atoms with van der Waals surface area (Å²) >= 11 is 0. The van der Waals surface area contributed by atoms with Crippen molar-refractivity contribution >= 4 is 107 Å². The van der Waals surface area contributed by atoms with Gasteiger partial charge in [0.25, 0.3) is 0 Å². The normalized spacial score (nSPS) is 8.81. The molecule has 0 saturated carbocycles. The summed E-state index contributed by atoms with van der Waals surface area (Å²) in [5.74, 6) is -5.02. The summed E-state index contributed by atoms with van der Waals surface area (Å²) in [7, 11) is 0. The second kappa shape index (κ2) is 11.5. The van der Waals surface area contributed by atoms with Crippen molar-refractivity contribution in [3.8, 4) is 0 Å². The van der Waals surface area contributed by atoms with E-state index in [1.54, 1.807) is 0 Å². The van der Waals surface area contributed by atoms with Gasteiger partial charge in [0.05, 0.1) is 12.8 Å². The van der Waals surface area contributed by atoms with Crippen LogP contribution in [-0.2, 0) is 14.4 Å². The summed E-state index contributed by atoms with van der Waals surface area (Å²) in [6.07, 6.45) is -2.29. The maximum Gasteiger partial charge on any atom is 0.336 e. The summed E-state index contributed by atoms with van der Waals surface area (Å²) in [4.78, 5) is 30.5. The molecule has 0 aromatic carbocycles. The van der Waals surface area contributed by atoms with Gasteiger partial charge in [-0.05, 0) is 0 Å². The molecule has 0 saturated heterocycles. The van der Waals surface area contributed by atoms with E-state index in [0.29, 0.717) is 0 Å². The van der Waals surface area contributed by atoms with Crippen molar-refractivity contribution in [1.82, 2.24) is 0 Å². The Balaban J connectivity index is -0.000000240. The van der Waals surface area contributed by atoms with Gasteiger partial charge >= 0.3 is 17.9 Å². The van der Waals surface area contributed by atoms with Crippen LogP contribution >= 0.6 is 0 Å². The first kappa shape index (κ1) is 26.0. The van der Waals surface area contributed by atoms with Crippen LogP contribution in [0.15, 0.2) is 0 Å². The molecule has 0 heterocycles. The van der Waals surface area contributed by atoms with Crippen LogP contribution in [0, 0.1) is 0 Å². The van der Waals surface area contributed by atoms with E-state index in [1.165, 1.54) is 0 Å². The van der Waals surface area contributed by atoms with Crippen molar-refractivity contribution in [1.29, 1.82) is 0 Å². The SMILES string of the molecule is O=C(O)CC(O)(CC(=O)O)C(=O)O.[Na].[Na].[Na]. The molecule has 77 valence electrons. The predicted octanol–water partition coefficient (Wildman–Crippen LogP) is -2.39. The van der Waals surface area contributed by atoms with Crippen LogP contribution in [0.2, 0.25) is 0 Å². The van der Waals surface area contributed by atoms with Crippen LogP contribution in [0.3, 0.4) is 0 Å². The van der Waals surface area contributed by atoms with Gasteiger partial charge in [-0.3, -0.25) is 9.59 Å². The molecule has 10 heteroatoms. The Hall–Kier alpha value is 1.37. The van der Waals surface area contributed by atoms with E-state index in [-0.39, 0.29) is 88.7 Å². The van der Waals surface area contributed by atoms with E-state index in [4.69, 9.17) is 20.4 Å². The second-order valence-corrected chi connectivity index (χ2v) is 2.48. The van der Waals surface area contributed by atoms with Crippen molar-refractivity contribution in [2.45, 2.75) is 18.4 Å². The molecule has 0 bridgehead atoms. The summed E-state index contributed by atoms with van der Waals surface area (Å²) < 4.78 is 0. The van der Waals surface area contributed by atoms with Crippen LogP contribution in [-0.4, -0.2) is 133 Å². The zero-order chi connectivity index (χ0) is 10.6. The number of carboxylic acid groups (broad SMARTS) is 3. The third-order valence-electron chi connectivity index (χ3n) is 1.29. The minimum absolute atomic E-state index is 0. The fourth-order valence-electron chi connectivity index (χ4n) is 0.714. The standard InChI is InChI=1S/C6H8O7.3Na/c7-3(8)1-6(13,5(11)12)2-4(9)10;;;/h13H,1-2H2,(H,7,8)(H,9,10)(H,11,12);;;. The Morgan fingerprint density at radius 1 is 0.812 bits per heavy atom. The topological polar surface area (TPSA) is 132 Å². The molecule has 0 aromatic heterocycles. The van der Waals surface area contributed by atoms with E-state index in [1.807, 2.05) is 0 Å². The van der Waals surface area contributed by atoms with Crippen molar-refractivity contribution < 1.29 is 34.8 Å². The number of rotatable bonds is 5. The van der Waals surface area contributed by atoms with Crippen LogP contribution in [0.1, 0.15) is 12.8 Å². The average Bonchev–Trinajstić information content (AvgIpc) is 1.82. The number of aliphatic carboxylic acids is 3. The number of hydrogen-bond donors (Lipinski definition) is 4. The van der Waals surface area contributed by atoms with Gasteiger partial charge in [0.1, 0.15) is 0 Å². The molecule has 3 radical (unpaired) electrons. The van der Waals surface area contributed by atoms with Gasteiger partial charge in [-0.25, -0.2) is 4.79 Å². The molecular weight excluding hydrogens is 253 g/mol. The third kappa shape index (κ3) is 10.5. The number of hydrogen-bond acceptors (Lipinski definition) is 4. The molecule has 4 N–H and O–H groups in total. The molecule has 7 nitrogen and oxygen atoms in total. The summed E-state index contributed by atoms with van der Waals surface area (Å²) in [6.45, 7) is 0. The Morgan fingerprint density at radius 2 is 1.06 bits per heavy atom. The van der Waals surface area contributed by atoms with E-state index < -0.39 is 36.4 Å². The first-order valence-electron chi connectivity index (χ1n) is 3.17. The zero-order valence-electron chi connectivity index (χ0n) is 9.43. The van der Waals surface area contributed by atoms with Gasteiger partial charge in [-0.1, -0.05) is 0 Å². The number of carbonyl (C=O) groups is 3. The van der Waals surface area contributed by atoms with Gasteiger partial charge in [-0.2, -0.15) is 0 Å². The molecule has 16 heavy (non-hydrogen) atoms. The molecule has 0 aliphatic carbocycles. The fraction of sp³-hybridized carbons (Fsp3) is 0.500. The first-order valence-corrected chi connectivity index (χ1v) is 3.17. The van der Waals surface area contributed by atoms with Crippen molar-refractivity contribution in [2.24, 2.45) is 0 Å². The smallest absolute Gasteiger partial charge is 0.336 e. The van der Waals surface area contributed by atoms with Gasteiger partial charge in [0.2, 0.25) is 0 Å². The predicted molar refractivity (Wildman–Crippen MR) is 54.4 cm³/mol. The second-order valence-electron chi connectivity index (χ2n) is 2.48. The molecule has 0 aliphatic heterocycles. The van der Waals surface area contributed by atoms with E-state index in [9.17, 15) is 14.4 Å². The Kier molecular flexibility index (Phi) is 18.7. The number of carboxylic acids is 3. The van der Waals surface area contributed by atoms with Crippen LogP contribution < -0.4 is 0 Å². The van der Waals surface area contributed by atoms with Crippen molar-refractivity contribution in [3.05, 3.63) is 0 Å². The zero-order valence-corrected chi connectivity index (χ0v) is 15.4. The Bertz CT molecular complexity index is 239. The summed E-state index contributed by atoms with van der Waals surface area (Å²) in [6, 6.07) is 0. The first-order chi connectivity index (χ1) is 5.78. The van der Waals surface area contributed by atoms with Gasteiger partial charge in [0.15, 0.2) is 5.60 Å². The van der Waals surface area contributed by atoms with Crippen molar-refractivity contribution in [2.75, 3.05) is 0 Å². The fourth-order valence-corrected chi connectivity index (χ4v) is 0.714. The summed E-state index contributed by atoms with van der Waals surface area (Å²) in [5.41, 5.74) is -2.74. The Morgan fingerprint density at radius 3 is 1.19 bits per heavy atom. The molecule has 0 unspecified atom stereocenters. The molecule has 0 aromatic rings. The molecule has 0 fully saturated rings. The third-order valence-corrected chi connectivity index (χ3v) is 1.29. The molecular formula is C6H8Na3O7. The molecule has 0 spiro atoms. The minimum atomic E-state index is -2.74. The molecule has 0 atom stereocenters. The summed E-state index contributed by atoms with van der Waals surface area (Å²) in [5, 5.41) is 33.8. The van der Waals surface area contributed by atoms with Crippen molar-refractivity contribution in [3.63, 3.8) is 0 Å². The van der Waals surface area contributed by atoms with Gasteiger partial charge in [0, 0.05) is 88.7 Å². The average molecular weight is 261 g/mol. The molecule has 0 rings (SSSR count). The van der Waals surface area contributed by atoms with E-state index in [0.717, 1.165) is 0 Å². The monoisotopic (exact) mass is 261 g/mol. The van der Waals surface area contributed by atoms with E-state index in [2.05, 4.69) is 0 Å². The minimum Gasteiger partial charge on any atom is -0.481 e. The quantitative estimate of drug-likeness (QED) is 0.406. The number of aliphatic hydroxyl groups is 1. The molecule has 0 aliphatic rings. The molecule has 0 amide bonds. The van der Waals surface area contributed by atoms with Gasteiger partial charge in [-0.15, -0.1) is 0 Å².